The van der Waals surface area contributed by atoms with Crippen LogP contribution in [-0.2, 0) is 22.7 Å². The number of carbonyl (C=O) groups is 2. The van der Waals surface area contributed by atoms with E-state index in [-0.39, 0.29) is 19.1 Å². The Bertz CT molecular complexity index is 597. The van der Waals surface area contributed by atoms with E-state index < -0.39 is 12.1 Å². The van der Waals surface area contributed by atoms with Gasteiger partial charge < -0.3 is 9.84 Å². The quantitative estimate of drug-likeness (QED) is 0.847. The number of benzene rings is 1. The van der Waals surface area contributed by atoms with Gasteiger partial charge in [0.1, 0.15) is 19.5 Å². The fourth-order valence-corrected chi connectivity index (χ4v) is 1.42. The zero-order chi connectivity index (χ0) is 14.4. The predicted octanol–water partition coefficient (Wildman–Crippen LogP) is 1.11. The number of hydrogen-bond acceptors (Lipinski definition) is 5. The zero-order valence-corrected chi connectivity index (χ0v) is 10.4. The molecule has 0 saturated heterocycles. The Labute approximate surface area is 114 Å². The van der Waals surface area contributed by atoms with Gasteiger partial charge in [0, 0.05) is 0 Å². The summed E-state index contributed by atoms with van der Waals surface area (Å²) < 4.78 is 6.06. The molecule has 0 saturated carbocycles. The number of anilines is 1. The predicted molar refractivity (Wildman–Crippen MR) is 67.9 cm³/mol. The number of carboxylic acids is 1. The molecular weight excluding hydrogens is 264 g/mol. The van der Waals surface area contributed by atoms with Crippen LogP contribution in [0.3, 0.4) is 0 Å². The van der Waals surface area contributed by atoms with Crippen molar-refractivity contribution in [1.29, 1.82) is 0 Å². The van der Waals surface area contributed by atoms with Crippen molar-refractivity contribution >= 4 is 18.0 Å². The van der Waals surface area contributed by atoms with Crippen molar-refractivity contribution in [1.82, 2.24) is 14.8 Å². The van der Waals surface area contributed by atoms with Gasteiger partial charge in [-0.2, -0.15) is 0 Å². The number of hydrogen-bond donors (Lipinski definition) is 2. The molecular formula is C12H12N4O4. The molecule has 2 rings (SSSR count). The molecule has 0 aliphatic rings. The summed E-state index contributed by atoms with van der Waals surface area (Å²) in [5.74, 6) is -1.06. The summed E-state index contributed by atoms with van der Waals surface area (Å²) in [6.45, 7) is -0.198. The molecule has 8 nitrogen and oxygen atoms in total. The lowest BCUT2D eigenvalue weighted by atomic mass is 10.2. The number of carbonyl (C=O) groups excluding carboxylic acids is 1. The van der Waals surface area contributed by atoms with Gasteiger partial charge in [0.05, 0.1) is 0 Å². The third-order valence-corrected chi connectivity index (χ3v) is 2.26. The van der Waals surface area contributed by atoms with Crippen LogP contribution in [0.2, 0.25) is 0 Å². The summed E-state index contributed by atoms with van der Waals surface area (Å²) in [4.78, 5) is 25.7. The summed E-state index contributed by atoms with van der Waals surface area (Å²) in [5.41, 5.74) is 0.854. The summed E-state index contributed by atoms with van der Waals surface area (Å²) in [6.07, 6.45) is 0.503. The van der Waals surface area contributed by atoms with E-state index in [1.165, 1.54) is 6.33 Å². The first-order valence-corrected chi connectivity index (χ1v) is 5.72. The van der Waals surface area contributed by atoms with Crippen molar-refractivity contribution in [2.24, 2.45) is 0 Å². The summed E-state index contributed by atoms with van der Waals surface area (Å²) in [7, 11) is 0. The first-order chi connectivity index (χ1) is 9.63. The molecule has 8 heteroatoms. The monoisotopic (exact) mass is 276 g/mol. The maximum atomic E-state index is 11.5. The molecule has 0 fully saturated rings. The smallest absolute Gasteiger partial charge is 0.414 e. The van der Waals surface area contributed by atoms with Crippen LogP contribution in [0.4, 0.5) is 10.7 Å². The van der Waals surface area contributed by atoms with Crippen LogP contribution in [-0.4, -0.2) is 31.9 Å². The van der Waals surface area contributed by atoms with Gasteiger partial charge in [0.25, 0.3) is 5.95 Å². The lowest BCUT2D eigenvalue weighted by Crippen LogP contribution is -2.15. The van der Waals surface area contributed by atoms with Crippen LogP contribution in [0.5, 0.6) is 0 Å². The highest BCUT2D eigenvalue weighted by Crippen LogP contribution is 2.03. The van der Waals surface area contributed by atoms with E-state index >= 15 is 0 Å². The SMILES string of the molecule is O=C(O)Cn1cnc(NC(=O)OCc2ccccc2)n1. The number of amides is 1. The minimum atomic E-state index is -1.05. The molecule has 20 heavy (non-hydrogen) atoms. The van der Waals surface area contributed by atoms with Crippen LogP contribution in [0, 0.1) is 0 Å². The van der Waals surface area contributed by atoms with Crippen LogP contribution in [0.25, 0.3) is 0 Å². The topological polar surface area (TPSA) is 106 Å². The Kier molecular flexibility index (Phi) is 4.28. The second kappa shape index (κ2) is 6.32. The van der Waals surface area contributed by atoms with Crippen LogP contribution >= 0.6 is 0 Å². The molecule has 1 aromatic carbocycles. The van der Waals surface area contributed by atoms with Gasteiger partial charge in [-0.3, -0.25) is 10.1 Å². The molecule has 0 unspecified atom stereocenters. The Balaban J connectivity index is 1.82. The van der Waals surface area contributed by atoms with Crippen molar-refractivity contribution in [3.05, 3.63) is 42.2 Å². The van der Waals surface area contributed by atoms with Gasteiger partial charge in [-0.05, 0) is 5.56 Å². The molecule has 0 bridgehead atoms. The molecule has 0 aliphatic heterocycles. The zero-order valence-electron chi connectivity index (χ0n) is 10.4. The maximum absolute atomic E-state index is 11.5. The second-order valence-corrected chi connectivity index (χ2v) is 3.85. The molecule has 1 aromatic heterocycles. The van der Waals surface area contributed by atoms with Gasteiger partial charge in [0.15, 0.2) is 0 Å². The average molecular weight is 276 g/mol. The van der Waals surface area contributed by atoms with Crippen LogP contribution in [0.15, 0.2) is 36.7 Å². The number of nitrogens with one attached hydrogen (secondary N) is 1. The van der Waals surface area contributed by atoms with Gasteiger partial charge in [-0.15, -0.1) is 5.10 Å². The van der Waals surface area contributed by atoms with Gasteiger partial charge in [-0.1, -0.05) is 30.3 Å². The molecule has 0 aliphatic carbocycles. The van der Waals surface area contributed by atoms with Crippen LogP contribution < -0.4 is 5.32 Å². The Morgan fingerprint density at radius 3 is 2.75 bits per heavy atom. The average Bonchev–Trinajstić information content (AvgIpc) is 2.84. The number of aliphatic carboxylic acids is 1. The third-order valence-electron chi connectivity index (χ3n) is 2.26. The Morgan fingerprint density at radius 2 is 2.05 bits per heavy atom. The summed E-state index contributed by atoms with van der Waals surface area (Å²) >= 11 is 0. The van der Waals surface area contributed by atoms with Gasteiger partial charge in [0.2, 0.25) is 0 Å². The Hall–Kier alpha value is -2.90. The van der Waals surface area contributed by atoms with Gasteiger partial charge >= 0.3 is 12.1 Å². The number of rotatable bonds is 5. The molecule has 104 valence electrons. The number of ether oxygens (including phenoxy) is 1. The molecule has 1 amide bonds. The normalized spacial score (nSPS) is 10.0. The van der Waals surface area contributed by atoms with E-state index in [1.54, 1.807) is 0 Å². The fourth-order valence-electron chi connectivity index (χ4n) is 1.42. The Morgan fingerprint density at radius 1 is 1.30 bits per heavy atom. The van der Waals surface area contributed by atoms with E-state index in [0.29, 0.717) is 0 Å². The van der Waals surface area contributed by atoms with Crippen molar-refractivity contribution in [2.45, 2.75) is 13.2 Å². The van der Waals surface area contributed by atoms with E-state index in [9.17, 15) is 9.59 Å². The molecule has 0 atom stereocenters. The molecule has 2 aromatic rings. The largest absolute Gasteiger partial charge is 0.480 e. The van der Waals surface area contributed by atoms with E-state index in [2.05, 4.69) is 15.4 Å². The molecule has 0 spiro atoms. The fraction of sp³-hybridized carbons (Fsp3) is 0.167. The first kappa shape index (κ1) is 13.5. The van der Waals surface area contributed by atoms with Crippen molar-refractivity contribution < 1.29 is 19.4 Å². The molecule has 1 heterocycles. The minimum Gasteiger partial charge on any atom is -0.480 e. The standard InChI is InChI=1S/C12H12N4O4/c17-10(18)6-16-8-13-11(15-16)14-12(19)20-7-9-4-2-1-3-5-9/h1-5,8H,6-7H2,(H,17,18)(H,14,15,19). The number of carboxylic acid groups (broad SMARTS) is 1. The second-order valence-electron chi connectivity index (χ2n) is 3.85. The van der Waals surface area contributed by atoms with Crippen molar-refractivity contribution in [3.8, 4) is 0 Å². The van der Waals surface area contributed by atoms with E-state index in [1.807, 2.05) is 30.3 Å². The molecule has 2 N–H and O–H groups in total. The highest BCUT2D eigenvalue weighted by molar-refractivity contribution is 5.82. The minimum absolute atomic E-state index is 0.00990. The lowest BCUT2D eigenvalue weighted by Gasteiger charge is -2.04. The van der Waals surface area contributed by atoms with Crippen LogP contribution in [0.1, 0.15) is 5.56 Å². The number of aromatic nitrogens is 3. The lowest BCUT2D eigenvalue weighted by molar-refractivity contribution is -0.137. The highest BCUT2D eigenvalue weighted by Gasteiger charge is 2.08. The summed E-state index contributed by atoms with van der Waals surface area (Å²) in [6, 6.07) is 9.19. The maximum Gasteiger partial charge on any atom is 0.414 e. The van der Waals surface area contributed by atoms with E-state index in [0.717, 1.165) is 10.2 Å². The molecule has 0 radical (unpaired) electrons. The van der Waals surface area contributed by atoms with Gasteiger partial charge in [-0.25, -0.2) is 14.5 Å². The summed E-state index contributed by atoms with van der Waals surface area (Å²) in [5, 5.41) is 14.6. The van der Waals surface area contributed by atoms with Crippen molar-refractivity contribution in [3.63, 3.8) is 0 Å². The highest BCUT2D eigenvalue weighted by atomic mass is 16.5. The number of nitrogens with zero attached hydrogens (tertiary/aromatic N) is 3. The van der Waals surface area contributed by atoms with E-state index in [4.69, 9.17) is 9.84 Å². The third kappa shape index (κ3) is 4.09. The first-order valence-electron chi connectivity index (χ1n) is 5.72. The van der Waals surface area contributed by atoms with Crippen molar-refractivity contribution in [2.75, 3.05) is 5.32 Å².